The Hall–Kier alpha value is -1.14. The molecular formula is C15H26N2O4. The molecular weight excluding hydrogens is 272 g/mol. The second kappa shape index (κ2) is 7.75. The van der Waals surface area contributed by atoms with Gasteiger partial charge in [0.1, 0.15) is 6.04 Å². The molecule has 1 amide bonds. The van der Waals surface area contributed by atoms with Crippen molar-refractivity contribution in [2.45, 2.75) is 51.1 Å². The number of aliphatic carboxylic acids is 1. The summed E-state index contributed by atoms with van der Waals surface area (Å²) < 4.78 is 5.22. The zero-order chi connectivity index (χ0) is 15.2. The van der Waals surface area contributed by atoms with Crippen LogP contribution in [0.4, 0.5) is 0 Å². The molecule has 1 unspecified atom stereocenters. The Morgan fingerprint density at radius 3 is 2.52 bits per heavy atom. The lowest BCUT2D eigenvalue weighted by atomic mass is 10.0. The van der Waals surface area contributed by atoms with Crippen LogP contribution in [0.25, 0.3) is 0 Å². The second-order valence-corrected chi connectivity index (χ2v) is 5.79. The lowest BCUT2D eigenvalue weighted by molar-refractivity contribution is -0.144. The predicted octanol–water partition coefficient (Wildman–Crippen LogP) is 0.953. The molecule has 0 spiro atoms. The molecule has 2 aliphatic heterocycles. The molecule has 0 aliphatic carbocycles. The summed E-state index contributed by atoms with van der Waals surface area (Å²) >= 11 is 0. The van der Waals surface area contributed by atoms with Crippen molar-refractivity contribution >= 4 is 11.9 Å². The number of rotatable bonds is 6. The second-order valence-electron chi connectivity index (χ2n) is 5.79. The van der Waals surface area contributed by atoms with E-state index in [9.17, 15) is 14.7 Å². The van der Waals surface area contributed by atoms with Crippen molar-refractivity contribution in [3.05, 3.63) is 0 Å². The van der Waals surface area contributed by atoms with Crippen molar-refractivity contribution in [3.63, 3.8) is 0 Å². The van der Waals surface area contributed by atoms with E-state index in [1.54, 1.807) is 0 Å². The first-order valence-corrected chi connectivity index (χ1v) is 7.97. The number of piperidine rings is 1. The minimum Gasteiger partial charge on any atom is -0.480 e. The van der Waals surface area contributed by atoms with Crippen LogP contribution in [0.5, 0.6) is 0 Å². The van der Waals surface area contributed by atoms with E-state index in [1.165, 1.54) is 0 Å². The minimum atomic E-state index is -0.706. The molecule has 0 aromatic heterocycles. The van der Waals surface area contributed by atoms with Gasteiger partial charge in [-0.25, -0.2) is 0 Å². The van der Waals surface area contributed by atoms with Gasteiger partial charge in [0.15, 0.2) is 0 Å². The quantitative estimate of drug-likeness (QED) is 0.739. The highest BCUT2D eigenvalue weighted by Crippen LogP contribution is 2.26. The Morgan fingerprint density at radius 1 is 1.19 bits per heavy atom. The molecule has 6 nitrogen and oxygen atoms in total. The topological polar surface area (TPSA) is 70.1 Å². The zero-order valence-corrected chi connectivity index (χ0v) is 12.8. The number of carbonyl (C=O) groups excluding carboxylic acids is 1. The molecule has 6 heteroatoms. The SMILES string of the molecule is CCOCCC(=O)N1CCC(N2CCCC2C(=O)O)CC1. The molecule has 2 heterocycles. The number of hydrogen-bond acceptors (Lipinski definition) is 4. The van der Waals surface area contributed by atoms with Crippen molar-refractivity contribution in [1.29, 1.82) is 0 Å². The largest absolute Gasteiger partial charge is 0.480 e. The average Bonchev–Trinajstić information content (AvgIpc) is 2.97. The van der Waals surface area contributed by atoms with Crippen LogP contribution in [-0.2, 0) is 14.3 Å². The summed E-state index contributed by atoms with van der Waals surface area (Å²) in [5, 5.41) is 9.25. The highest BCUT2D eigenvalue weighted by atomic mass is 16.5. The maximum absolute atomic E-state index is 12.0. The third kappa shape index (κ3) is 4.17. The number of hydrogen-bond donors (Lipinski definition) is 1. The smallest absolute Gasteiger partial charge is 0.320 e. The van der Waals surface area contributed by atoms with Gasteiger partial charge in [-0.1, -0.05) is 0 Å². The van der Waals surface area contributed by atoms with Crippen LogP contribution in [0.15, 0.2) is 0 Å². The van der Waals surface area contributed by atoms with Crippen molar-refractivity contribution in [1.82, 2.24) is 9.80 Å². The number of carboxylic acids is 1. The van der Waals surface area contributed by atoms with E-state index in [2.05, 4.69) is 4.90 Å². The molecule has 2 rings (SSSR count). The van der Waals surface area contributed by atoms with E-state index < -0.39 is 5.97 Å². The first kappa shape index (κ1) is 16.2. The molecule has 0 aromatic carbocycles. The average molecular weight is 298 g/mol. The van der Waals surface area contributed by atoms with Crippen LogP contribution in [0, 0.1) is 0 Å². The van der Waals surface area contributed by atoms with Crippen LogP contribution in [0.3, 0.4) is 0 Å². The fourth-order valence-electron chi connectivity index (χ4n) is 3.40. The fraction of sp³-hybridized carbons (Fsp3) is 0.867. The van der Waals surface area contributed by atoms with Gasteiger partial charge in [0.2, 0.25) is 5.91 Å². The van der Waals surface area contributed by atoms with Crippen LogP contribution in [-0.4, -0.2) is 71.7 Å². The van der Waals surface area contributed by atoms with E-state index in [0.29, 0.717) is 25.7 Å². The van der Waals surface area contributed by atoms with E-state index in [4.69, 9.17) is 4.74 Å². The van der Waals surface area contributed by atoms with E-state index in [0.717, 1.165) is 45.3 Å². The first-order chi connectivity index (χ1) is 10.1. The minimum absolute atomic E-state index is 0.151. The van der Waals surface area contributed by atoms with Gasteiger partial charge in [-0.15, -0.1) is 0 Å². The van der Waals surface area contributed by atoms with Gasteiger partial charge in [0.25, 0.3) is 0 Å². The molecule has 120 valence electrons. The zero-order valence-electron chi connectivity index (χ0n) is 12.8. The Kier molecular flexibility index (Phi) is 5.99. The molecule has 0 aromatic rings. The molecule has 2 saturated heterocycles. The summed E-state index contributed by atoms with van der Waals surface area (Å²) in [6.07, 6.45) is 3.92. The first-order valence-electron chi connectivity index (χ1n) is 7.97. The van der Waals surface area contributed by atoms with Gasteiger partial charge in [0.05, 0.1) is 13.0 Å². The van der Waals surface area contributed by atoms with Gasteiger partial charge in [0, 0.05) is 25.7 Å². The number of carboxylic acid groups (broad SMARTS) is 1. The van der Waals surface area contributed by atoms with Gasteiger partial charge in [-0.05, 0) is 39.2 Å². The van der Waals surface area contributed by atoms with Crippen molar-refractivity contribution in [3.8, 4) is 0 Å². The van der Waals surface area contributed by atoms with Crippen molar-refractivity contribution < 1.29 is 19.4 Å². The molecule has 2 aliphatic rings. The summed E-state index contributed by atoms with van der Waals surface area (Å²) in [6.45, 7) is 5.39. The van der Waals surface area contributed by atoms with Gasteiger partial charge < -0.3 is 14.7 Å². The molecule has 21 heavy (non-hydrogen) atoms. The number of likely N-dealkylation sites (tertiary alicyclic amines) is 2. The van der Waals surface area contributed by atoms with Gasteiger partial charge in [-0.3, -0.25) is 14.5 Å². The number of amides is 1. The summed E-state index contributed by atoms with van der Waals surface area (Å²) in [4.78, 5) is 27.3. The Labute approximate surface area is 126 Å². The lowest BCUT2D eigenvalue weighted by Gasteiger charge is -2.38. The fourth-order valence-corrected chi connectivity index (χ4v) is 3.40. The molecule has 0 bridgehead atoms. The monoisotopic (exact) mass is 298 g/mol. The van der Waals surface area contributed by atoms with Crippen LogP contribution in [0.1, 0.15) is 39.0 Å². The van der Waals surface area contributed by atoms with Crippen LogP contribution < -0.4 is 0 Å². The maximum atomic E-state index is 12.0. The highest BCUT2D eigenvalue weighted by Gasteiger charge is 2.37. The van der Waals surface area contributed by atoms with Crippen molar-refractivity contribution in [2.24, 2.45) is 0 Å². The third-order valence-electron chi connectivity index (χ3n) is 4.53. The van der Waals surface area contributed by atoms with Gasteiger partial charge >= 0.3 is 5.97 Å². The molecule has 1 N–H and O–H groups in total. The highest BCUT2D eigenvalue weighted by molar-refractivity contribution is 5.76. The van der Waals surface area contributed by atoms with Crippen molar-refractivity contribution in [2.75, 3.05) is 32.8 Å². The number of carbonyl (C=O) groups is 2. The number of nitrogens with zero attached hydrogens (tertiary/aromatic N) is 2. The van der Waals surface area contributed by atoms with Crippen LogP contribution >= 0.6 is 0 Å². The Morgan fingerprint density at radius 2 is 1.90 bits per heavy atom. The summed E-state index contributed by atoms with van der Waals surface area (Å²) in [5.74, 6) is -0.555. The molecule has 1 atom stereocenters. The van der Waals surface area contributed by atoms with E-state index >= 15 is 0 Å². The summed E-state index contributed by atoms with van der Waals surface area (Å²) in [5.41, 5.74) is 0. The molecule has 2 fully saturated rings. The standard InChI is InChI=1S/C15H26N2O4/c1-2-21-11-7-14(18)16-9-5-12(6-10-16)17-8-3-4-13(17)15(19)20/h12-13H,2-11H2,1H3,(H,19,20). The third-order valence-corrected chi connectivity index (χ3v) is 4.53. The lowest BCUT2D eigenvalue weighted by Crippen LogP contribution is -2.50. The molecule has 0 radical (unpaired) electrons. The Bertz CT molecular complexity index is 367. The molecule has 0 saturated carbocycles. The van der Waals surface area contributed by atoms with Crippen LogP contribution in [0.2, 0.25) is 0 Å². The van der Waals surface area contributed by atoms with E-state index in [-0.39, 0.29) is 11.9 Å². The summed E-state index contributed by atoms with van der Waals surface area (Å²) in [6, 6.07) is -0.0141. The Balaban J connectivity index is 1.77. The normalized spacial score (nSPS) is 24.4. The van der Waals surface area contributed by atoms with E-state index in [1.807, 2.05) is 11.8 Å². The predicted molar refractivity (Wildman–Crippen MR) is 78.1 cm³/mol. The summed E-state index contributed by atoms with van der Waals surface area (Å²) in [7, 11) is 0. The number of ether oxygens (including phenoxy) is 1. The van der Waals surface area contributed by atoms with Gasteiger partial charge in [-0.2, -0.15) is 0 Å². The maximum Gasteiger partial charge on any atom is 0.320 e.